The third-order valence-electron chi connectivity index (χ3n) is 1.34. The largest absolute Gasteiger partial charge is 0.384 e. The van der Waals surface area contributed by atoms with Crippen LogP contribution in [-0.4, -0.2) is 21.3 Å². The Morgan fingerprint density at radius 2 is 2.55 bits per heavy atom. The molecule has 0 aromatic carbocycles. The summed E-state index contributed by atoms with van der Waals surface area (Å²) in [6.45, 7) is 2.76. The van der Waals surface area contributed by atoms with Gasteiger partial charge in [-0.05, 0) is 12.8 Å². The fourth-order valence-electron chi connectivity index (χ4n) is 0.807. The van der Waals surface area contributed by atoms with E-state index in [0.717, 1.165) is 6.54 Å². The zero-order chi connectivity index (χ0) is 8.10. The van der Waals surface area contributed by atoms with Gasteiger partial charge in [-0.15, -0.1) is 0 Å². The van der Waals surface area contributed by atoms with E-state index in [1.165, 1.54) is 0 Å². The summed E-state index contributed by atoms with van der Waals surface area (Å²) in [5, 5.41) is 8.42. The molecule has 1 aromatic rings. The van der Waals surface area contributed by atoms with Gasteiger partial charge >= 0.3 is 0 Å². The van der Waals surface area contributed by atoms with Crippen molar-refractivity contribution in [2.45, 2.75) is 13.5 Å². The zero-order valence-electron chi connectivity index (χ0n) is 6.41. The van der Waals surface area contributed by atoms with E-state index in [-0.39, 0.29) is 6.61 Å². The van der Waals surface area contributed by atoms with Crippen molar-refractivity contribution in [3.05, 3.63) is 18.2 Å². The maximum absolute atomic E-state index is 8.42. The lowest BCUT2D eigenvalue weighted by molar-refractivity contribution is 0.350. The van der Waals surface area contributed by atoms with Gasteiger partial charge < -0.3 is 9.67 Å². The lowest BCUT2D eigenvalue weighted by atomic mass is 10.5. The maximum atomic E-state index is 8.42. The summed E-state index contributed by atoms with van der Waals surface area (Å²) in [5.74, 6) is 6.00. The molecule has 0 bridgehead atoms. The van der Waals surface area contributed by atoms with E-state index in [2.05, 4.69) is 16.8 Å². The van der Waals surface area contributed by atoms with Crippen molar-refractivity contribution in [2.75, 3.05) is 6.61 Å². The van der Waals surface area contributed by atoms with Crippen LogP contribution in [0.15, 0.2) is 12.4 Å². The average Bonchev–Trinajstić information content (AvgIpc) is 2.47. The van der Waals surface area contributed by atoms with Crippen molar-refractivity contribution in [1.82, 2.24) is 9.55 Å². The van der Waals surface area contributed by atoms with Gasteiger partial charge in [0.15, 0.2) is 5.82 Å². The number of aliphatic hydroxyl groups is 1. The highest BCUT2D eigenvalue weighted by Gasteiger charge is 1.93. The van der Waals surface area contributed by atoms with Crippen LogP contribution in [0.2, 0.25) is 0 Å². The summed E-state index contributed by atoms with van der Waals surface area (Å²) in [5.41, 5.74) is 0. The average molecular weight is 150 g/mol. The predicted molar refractivity (Wildman–Crippen MR) is 41.9 cm³/mol. The molecular formula is C8H10N2O. The first-order valence-electron chi connectivity index (χ1n) is 3.49. The molecule has 0 amide bonds. The lowest BCUT2D eigenvalue weighted by Gasteiger charge is -1.95. The van der Waals surface area contributed by atoms with Gasteiger partial charge in [0.25, 0.3) is 0 Å². The van der Waals surface area contributed by atoms with Crippen LogP contribution >= 0.6 is 0 Å². The molecule has 11 heavy (non-hydrogen) atoms. The van der Waals surface area contributed by atoms with Gasteiger partial charge in [0.2, 0.25) is 0 Å². The summed E-state index contributed by atoms with van der Waals surface area (Å²) < 4.78 is 1.92. The van der Waals surface area contributed by atoms with E-state index in [1.807, 2.05) is 17.7 Å². The van der Waals surface area contributed by atoms with Crippen molar-refractivity contribution in [2.24, 2.45) is 0 Å². The summed E-state index contributed by atoms with van der Waals surface area (Å²) in [7, 11) is 0. The minimum atomic E-state index is -0.115. The molecule has 1 N–H and O–H groups in total. The normalized spacial score (nSPS) is 8.91. The number of aliphatic hydroxyl groups excluding tert-OH is 1. The van der Waals surface area contributed by atoms with E-state index in [1.54, 1.807) is 6.20 Å². The molecule has 0 saturated carbocycles. The van der Waals surface area contributed by atoms with E-state index in [9.17, 15) is 0 Å². The van der Waals surface area contributed by atoms with Crippen molar-refractivity contribution in [1.29, 1.82) is 0 Å². The Kier molecular flexibility index (Phi) is 2.70. The molecule has 0 atom stereocenters. The van der Waals surface area contributed by atoms with Crippen LogP contribution in [0.4, 0.5) is 0 Å². The topological polar surface area (TPSA) is 38.0 Å². The fourth-order valence-corrected chi connectivity index (χ4v) is 0.807. The standard InChI is InChI=1S/C8H10N2O/c1-2-10-6-5-9-8(10)4-3-7-11/h5-6,11H,2,7H2,1H3. The highest BCUT2D eigenvalue weighted by molar-refractivity contribution is 5.21. The van der Waals surface area contributed by atoms with E-state index in [0.29, 0.717) is 5.82 Å². The molecule has 1 aromatic heterocycles. The maximum Gasteiger partial charge on any atom is 0.185 e. The predicted octanol–water partition coefficient (Wildman–Crippen LogP) is 0.247. The summed E-state index contributed by atoms with van der Waals surface area (Å²) >= 11 is 0. The molecule has 0 aliphatic carbocycles. The molecule has 0 aliphatic heterocycles. The molecule has 0 fully saturated rings. The molecule has 58 valence electrons. The van der Waals surface area contributed by atoms with Crippen molar-refractivity contribution in [3.8, 4) is 11.8 Å². The monoisotopic (exact) mass is 150 g/mol. The molecule has 0 aliphatic rings. The third-order valence-corrected chi connectivity index (χ3v) is 1.34. The first kappa shape index (κ1) is 7.83. The number of rotatable bonds is 1. The van der Waals surface area contributed by atoms with Crippen LogP contribution in [-0.2, 0) is 6.54 Å². The smallest absolute Gasteiger partial charge is 0.185 e. The van der Waals surface area contributed by atoms with Crippen LogP contribution in [0.25, 0.3) is 0 Å². The molecule has 3 heteroatoms. The Balaban J connectivity index is 2.84. The number of hydrogen-bond donors (Lipinski definition) is 1. The Bertz CT molecular complexity index is 280. The van der Waals surface area contributed by atoms with E-state index >= 15 is 0 Å². The van der Waals surface area contributed by atoms with Crippen LogP contribution < -0.4 is 0 Å². The molecule has 0 unspecified atom stereocenters. The van der Waals surface area contributed by atoms with Crippen LogP contribution in [0.1, 0.15) is 12.7 Å². The summed E-state index contributed by atoms with van der Waals surface area (Å²) in [6.07, 6.45) is 3.56. The molecule has 0 saturated heterocycles. The SMILES string of the molecule is CCn1ccnc1C#CCO. The number of nitrogens with zero attached hydrogens (tertiary/aromatic N) is 2. The van der Waals surface area contributed by atoms with Gasteiger partial charge in [-0.25, -0.2) is 4.98 Å². The second-order valence-electron chi connectivity index (χ2n) is 2.00. The minimum Gasteiger partial charge on any atom is -0.384 e. The summed E-state index contributed by atoms with van der Waals surface area (Å²) in [4.78, 5) is 4.00. The fraction of sp³-hybridized carbons (Fsp3) is 0.375. The highest BCUT2D eigenvalue weighted by atomic mass is 16.2. The Labute approximate surface area is 65.7 Å². The number of imidazole rings is 1. The second-order valence-corrected chi connectivity index (χ2v) is 2.00. The third kappa shape index (κ3) is 1.82. The zero-order valence-corrected chi connectivity index (χ0v) is 6.41. The number of hydrogen-bond acceptors (Lipinski definition) is 2. The molecule has 1 heterocycles. The van der Waals surface area contributed by atoms with Gasteiger partial charge in [-0.1, -0.05) is 5.92 Å². The molecule has 0 spiro atoms. The highest BCUT2D eigenvalue weighted by Crippen LogP contribution is 1.93. The minimum absolute atomic E-state index is 0.115. The first-order chi connectivity index (χ1) is 5.38. The van der Waals surface area contributed by atoms with Gasteiger partial charge in [0, 0.05) is 18.9 Å². The van der Waals surface area contributed by atoms with E-state index < -0.39 is 0 Å². The van der Waals surface area contributed by atoms with Crippen LogP contribution in [0.5, 0.6) is 0 Å². The molecular weight excluding hydrogens is 140 g/mol. The Morgan fingerprint density at radius 3 is 3.18 bits per heavy atom. The van der Waals surface area contributed by atoms with Crippen LogP contribution in [0.3, 0.4) is 0 Å². The van der Waals surface area contributed by atoms with Crippen molar-refractivity contribution < 1.29 is 5.11 Å². The number of aromatic nitrogens is 2. The van der Waals surface area contributed by atoms with Crippen molar-refractivity contribution in [3.63, 3.8) is 0 Å². The van der Waals surface area contributed by atoms with Gasteiger partial charge in [-0.3, -0.25) is 0 Å². The quantitative estimate of drug-likeness (QED) is 0.582. The van der Waals surface area contributed by atoms with Gasteiger partial charge in [-0.2, -0.15) is 0 Å². The van der Waals surface area contributed by atoms with Gasteiger partial charge in [0.05, 0.1) is 0 Å². The Hall–Kier alpha value is -1.27. The molecule has 1 rings (SSSR count). The second kappa shape index (κ2) is 3.79. The van der Waals surface area contributed by atoms with Gasteiger partial charge in [0.1, 0.15) is 6.61 Å². The van der Waals surface area contributed by atoms with Crippen molar-refractivity contribution >= 4 is 0 Å². The molecule has 3 nitrogen and oxygen atoms in total. The molecule has 0 radical (unpaired) electrons. The van der Waals surface area contributed by atoms with Crippen LogP contribution in [0, 0.1) is 11.8 Å². The lowest BCUT2D eigenvalue weighted by Crippen LogP contribution is -1.96. The Morgan fingerprint density at radius 1 is 1.73 bits per heavy atom. The first-order valence-corrected chi connectivity index (χ1v) is 3.49. The number of aryl methyl sites for hydroxylation is 1. The summed E-state index contributed by atoms with van der Waals surface area (Å²) in [6, 6.07) is 0. The van der Waals surface area contributed by atoms with E-state index in [4.69, 9.17) is 5.11 Å².